The Morgan fingerprint density at radius 3 is 2.55 bits per heavy atom. The summed E-state index contributed by atoms with van der Waals surface area (Å²) in [7, 11) is 0. The lowest BCUT2D eigenvalue weighted by atomic mass is 9.98. The molecule has 0 spiro atoms. The molecule has 1 aromatic carbocycles. The van der Waals surface area contributed by atoms with E-state index in [1.54, 1.807) is 0 Å². The van der Waals surface area contributed by atoms with E-state index in [4.69, 9.17) is 10.5 Å². The maximum atomic E-state index is 11.9. The Labute approximate surface area is 132 Å². The number of amides is 2. The number of carbonyl (C=O) groups excluding carboxylic acids is 2. The third kappa shape index (κ3) is 5.39. The lowest BCUT2D eigenvalue weighted by molar-refractivity contribution is -0.128. The van der Waals surface area contributed by atoms with Crippen LogP contribution < -0.4 is 15.8 Å². The first kappa shape index (κ1) is 18.0. The molecule has 0 aromatic heterocycles. The van der Waals surface area contributed by atoms with Crippen molar-refractivity contribution in [3.63, 3.8) is 0 Å². The van der Waals surface area contributed by atoms with E-state index in [0.29, 0.717) is 0 Å². The molecule has 0 radical (unpaired) electrons. The van der Waals surface area contributed by atoms with Crippen LogP contribution in [0, 0.1) is 19.8 Å². The maximum absolute atomic E-state index is 11.9. The Kier molecular flexibility index (Phi) is 6.89. The number of benzene rings is 1. The van der Waals surface area contributed by atoms with Gasteiger partial charge in [-0.05, 0) is 31.4 Å². The molecule has 0 aliphatic rings. The zero-order chi connectivity index (χ0) is 16.7. The van der Waals surface area contributed by atoms with Gasteiger partial charge in [-0.2, -0.15) is 0 Å². The van der Waals surface area contributed by atoms with Crippen LogP contribution >= 0.6 is 0 Å². The molecule has 1 aromatic rings. The van der Waals surface area contributed by atoms with Crippen molar-refractivity contribution in [3.8, 4) is 5.75 Å². The highest BCUT2D eigenvalue weighted by molar-refractivity contribution is 5.86. The van der Waals surface area contributed by atoms with Crippen molar-refractivity contribution in [1.82, 2.24) is 5.32 Å². The molecule has 0 aliphatic heterocycles. The van der Waals surface area contributed by atoms with E-state index in [2.05, 4.69) is 5.32 Å². The van der Waals surface area contributed by atoms with Crippen molar-refractivity contribution in [2.24, 2.45) is 11.7 Å². The van der Waals surface area contributed by atoms with Crippen LogP contribution in [0.4, 0.5) is 0 Å². The maximum Gasteiger partial charge on any atom is 0.240 e. The molecule has 0 fully saturated rings. The van der Waals surface area contributed by atoms with Crippen molar-refractivity contribution < 1.29 is 14.3 Å². The fourth-order valence-electron chi connectivity index (χ4n) is 2.19. The zero-order valence-electron chi connectivity index (χ0n) is 13.8. The highest BCUT2D eigenvalue weighted by Crippen LogP contribution is 2.18. The number of hydrogen-bond acceptors (Lipinski definition) is 3. The molecule has 22 heavy (non-hydrogen) atoms. The zero-order valence-corrected chi connectivity index (χ0v) is 13.8. The highest BCUT2D eigenvalue weighted by Gasteiger charge is 2.23. The second-order valence-corrected chi connectivity index (χ2v) is 5.70. The Morgan fingerprint density at radius 2 is 2.00 bits per heavy atom. The molecule has 122 valence electrons. The first-order valence-corrected chi connectivity index (χ1v) is 7.63. The van der Waals surface area contributed by atoms with Crippen LogP contribution in [-0.2, 0) is 9.59 Å². The van der Waals surface area contributed by atoms with Gasteiger partial charge in [0.15, 0.2) is 0 Å². The molecule has 5 heteroatoms. The monoisotopic (exact) mass is 306 g/mol. The number of hydrogen-bond donors (Lipinski definition) is 2. The van der Waals surface area contributed by atoms with Gasteiger partial charge in [0.1, 0.15) is 11.8 Å². The smallest absolute Gasteiger partial charge is 0.240 e. The minimum Gasteiger partial charge on any atom is -0.493 e. The molecule has 0 saturated carbocycles. The normalized spacial score (nSPS) is 13.3. The molecular weight excluding hydrogens is 280 g/mol. The van der Waals surface area contributed by atoms with Crippen LogP contribution in [0.2, 0.25) is 0 Å². The summed E-state index contributed by atoms with van der Waals surface area (Å²) in [6.07, 6.45) is 0.959. The van der Waals surface area contributed by atoms with E-state index < -0.39 is 11.9 Å². The van der Waals surface area contributed by atoms with Crippen molar-refractivity contribution in [3.05, 3.63) is 29.3 Å². The van der Waals surface area contributed by atoms with Crippen LogP contribution in [0.25, 0.3) is 0 Å². The van der Waals surface area contributed by atoms with Crippen LogP contribution in [0.5, 0.6) is 5.75 Å². The van der Waals surface area contributed by atoms with E-state index in [1.807, 2.05) is 45.9 Å². The number of rotatable bonds is 8. The number of nitrogens with one attached hydrogen (secondary N) is 1. The van der Waals surface area contributed by atoms with Gasteiger partial charge in [0.25, 0.3) is 0 Å². The molecule has 0 aliphatic carbocycles. The lowest BCUT2D eigenvalue weighted by Crippen LogP contribution is -2.48. The Bertz CT molecular complexity index is 529. The van der Waals surface area contributed by atoms with Gasteiger partial charge in [-0.25, -0.2) is 0 Å². The Balaban J connectivity index is 2.47. The van der Waals surface area contributed by atoms with E-state index in [1.165, 1.54) is 5.56 Å². The van der Waals surface area contributed by atoms with E-state index in [-0.39, 0.29) is 24.9 Å². The van der Waals surface area contributed by atoms with Gasteiger partial charge >= 0.3 is 0 Å². The number of nitrogens with two attached hydrogens (primary N) is 1. The summed E-state index contributed by atoms with van der Waals surface area (Å²) in [5, 5.41) is 2.68. The lowest BCUT2D eigenvalue weighted by Gasteiger charge is -2.21. The average molecular weight is 306 g/mol. The summed E-state index contributed by atoms with van der Waals surface area (Å²) < 4.78 is 5.61. The van der Waals surface area contributed by atoms with Gasteiger partial charge in [-0.1, -0.05) is 38.0 Å². The predicted molar refractivity (Wildman–Crippen MR) is 86.6 cm³/mol. The first-order valence-electron chi connectivity index (χ1n) is 7.63. The minimum absolute atomic E-state index is 0.0155. The van der Waals surface area contributed by atoms with Crippen LogP contribution in [0.3, 0.4) is 0 Å². The predicted octanol–water partition coefficient (Wildman–Crippen LogP) is 2.09. The van der Waals surface area contributed by atoms with E-state index in [0.717, 1.165) is 17.7 Å². The van der Waals surface area contributed by atoms with Gasteiger partial charge in [0.05, 0.1) is 13.0 Å². The molecule has 3 N–H and O–H groups in total. The molecule has 0 saturated heterocycles. The largest absolute Gasteiger partial charge is 0.493 e. The van der Waals surface area contributed by atoms with Crippen molar-refractivity contribution in [1.29, 1.82) is 0 Å². The number of carbonyl (C=O) groups is 2. The summed E-state index contributed by atoms with van der Waals surface area (Å²) in [6.45, 7) is 8.09. The van der Waals surface area contributed by atoms with Crippen LogP contribution in [-0.4, -0.2) is 24.5 Å². The summed E-state index contributed by atoms with van der Waals surface area (Å²) in [6, 6.07) is 5.27. The van der Waals surface area contributed by atoms with Gasteiger partial charge in [-0.3, -0.25) is 9.59 Å². The van der Waals surface area contributed by atoms with E-state index in [9.17, 15) is 9.59 Å². The third-order valence-electron chi connectivity index (χ3n) is 3.75. The summed E-state index contributed by atoms with van der Waals surface area (Å²) in [5.74, 6) is 0.0559. The SMILES string of the molecule is CCC(C)C(NC(=O)CCOc1ccc(C)cc1C)C(N)=O. The number of aryl methyl sites for hydroxylation is 2. The van der Waals surface area contributed by atoms with Crippen molar-refractivity contribution in [2.45, 2.75) is 46.6 Å². The van der Waals surface area contributed by atoms with Gasteiger partial charge in [-0.15, -0.1) is 0 Å². The fourth-order valence-corrected chi connectivity index (χ4v) is 2.19. The summed E-state index contributed by atoms with van der Waals surface area (Å²) >= 11 is 0. The summed E-state index contributed by atoms with van der Waals surface area (Å²) in [5.41, 5.74) is 7.53. The van der Waals surface area contributed by atoms with Crippen molar-refractivity contribution in [2.75, 3.05) is 6.61 Å². The van der Waals surface area contributed by atoms with Crippen LogP contribution in [0.15, 0.2) is 18.2 Å². The molecule has 0 heterocycles. The Morgan fingerprint density at radius 1 is 1.32 bits per heavy atom. The average Bonchev–Trinajstić information content (AvgIpc) is 2.46. The van der Waals surface area contributed by atoms with Crippen LogP contribution in [0.1, 0.15) is 37.8 Å². The third-order valence-corrected chi connectivity index (χ3v) is 3.75. The summed E-state index contributed by atoms with van der Waals surface area (Å²) in [4.78, 5) is 23.3. The molecule has 2 unspecified atom stereocenters. The highest BCUT2D eigenvalue weighted by atomic mass is 16.5. The van der Waals surface area contributed by atoms with Crippen molar-refractivity contribution >= 4 is 11.8 Å². The number of ether oxygens (including phenoxy) is 1. The van der Waals surface area contributed by atoms with Gasteiger partial charge in [0.2, 0.25) is 11.8 Å². The fraction of sp³-hybridized carbons (Fsp3) is 0.529. The molecular formula is C17H26N2O3. The quantitative estimate of drug-likeness (QED) is 0.771. The molecule has 1 rings (SSSR count). The van der Waals surface area contributed by atoms with E-state index >= 15 is 0 Å². The Hall–Kier alpha value is -2.04. The standard InChI is InChI=1S/C17H26N2O3/c1-5-12(3)16(17(18)21)19-15(20)8-9-22-14-7-6-11(2)10-13(14)4/h6-7,10,12,16H,5,8-9H2,1-4H3,(H2,18,21)(H,19,20). The molecule has 5 nitrogen and oxygen atoms in total. The minimum atomic E-state index is -0.626. The molecule has 0 bridgehead atoms. The number of primary amides is 1. The second-order valence-electron chi connectivity index (χ2n) is 5.70. The van der Waals surface area contributed by atoms with Gasteiger partial charge < -0.3 is 15.8 Å². The topological polar surface area (TPSA) is 81.4 Å². The molecule has 2 amide bonds. The second kappa shape index (κ2) is 8.41. The molecule has 2 atom stereocenters. The first-order chi connectivity index (χ1) is 10.3. The van der Waals surface area contributed by atoms with Gasteiger partial charge in [0, 0.05) is 0 Å².